The van der Waals surface area contributed by atoms with Crippen LogP contribution in [-0.2, 0) is 67.2 Å². The fourth-order valence-electron chi connectivity index (χ4n) is 11.1. The molecule has 1 heterocycles. The number of hydrogen-bond donors (Lipinski definition) is 17. The van der Waals surface area contributed by atoms with Gasteiger partial charge in [0.05, 0.1) is 6.04 Å². The minimum absolute atomic E-state index is 0.0358. The van der Waals surface area contributed by atoms with Crippen molar-refractivity contribution in [2.75, 3.05) is 45.2 Å². The molecule has 0 spiro atoms. The fourth-order valence-corrected chi connectivity index (χ4v) is 11.5. The van der Waals surface area contributed by atoms with E-state index < -0.39 is 131 Å². The van der Waals surface area contributed by atoms with Crippen molar-refractivity contribution in [1.29, 1.82) is 0 Å². The first-order valence-electron chi connectivity index (χ1n) is 33.9. The van der Waals surface area contributed by atoms with E-state index in [2.05, 4.69) is 52.5 Å². The molecule has 30 heteroatoms. The number of phenolic OH excluding ortho intramolecular Hbond substituents is 1. The maximum Gasteiger partial charge on any atom is 0.326 e. The number of phenols is 1. The summed E-state index contributed by atoms with van der Waals surface area (Å²) in [4.78, 5) is 152. The predicted octanol–water partition coefficient (Wildman–Crippen LogP) is 0.524. The van der Waals surface area contributed by atoms with E-state index in [1.165, 1.54) is 35.8 Å². The van der Waals surface area contributed by atoms with Gasteiger partial charge in [-0.25, -0.2) is 4.79 Å². The van der Waals surface area contributed by atoms with E-state index in [1.807, 2.05) is 30.5 Å². The zero-order valence-electron chi connectivity index (χ0n) is 57.9. The molecule has 0 saturated carbocycles. The number of aromatic amines is 1. The molecule has 0 unspecified atom stereocenters. The van der Waals surface area contributed by atoms with Crippen LogP contribution < -0.4 is 76.9 Å². The summed E-state index contributed by atoms with van der Waals surface area (Å²) in [7, 11) is 1.41. The van der Waals surface area contributed by atoms with Crippen LogP contribution in [0.15, 0.2) is 90.1 Å². The lowest BCUT2D eigenvalue weighted by atomic mass is 9.97. The molecule has 4 rings (SSSR count). The largest absolute Gasteiger partial charge is 0.508 e. The van der Waals surface area contributed by atoms with E-state index in [4.69, 9.17) is 34.4 Å². The van der Waals surface area contributed by atoms with Gasteiger partial charge < -0.3 is 97.0 Å². The SMILES string of the molecule is CSCC[C@@H](C(=O)N[C@@H](Cc1c[nH]c2ccccc12)C(=O)N[C@@H](CCCCN)C(=O)N[C@H](CCCCN)C(=O)O)N(C)C(=O)[C@@H](NC(=O)[C@@H](NC(=O)[C@H](Cc1ccc(O)cc1)NC(=O)[C@H](Cc1ccccc1)NC(=O)[C@H](CCCN=C(N)N)NC(=O)[C@H](N)CCCCN)C(C)C)C(C)C. The Bertz CT molecular complexity index is 3260. The van der Waals surface area contributed by atoms with Gasteiger partial charge in [-0.1, -0.05) is 94.8 Å². The second-order valence-corrected chi connectivity index (χ2v) is 26.4. The lowest BCUT2D eigenvalue weighted by Crippen LogP contribution is -2.62. The van der Waals surface area contributed by atoms with Crippen molar-refractivity contribution in [3.8, 4) is 5.75 Å². The molecule has 3 aromatic carbocycles. The number of benzene rings is 3. The number of carbonyl (C=O) groups excluding carboxylic acids is 9. The lowest BCUT2D eigenvalue weighted by molar-refractivity contribution is -0.144. The number of aromatic hydroxyl groups is 1. The van der Waals surface area contributed by atoms with Gasteiger partial charge in [0.25, 0.3) is 0 Å². The summed E-state index contributed by atoms with van der Waals surface area (Å²) in [5, 5.41) is 43.2. The molecule has 0 saturated heterocycles. The average molecular weight is 1400 g/mol. The molecule has 0 bridgehead atoms. The number of H-pyrrole nitrogens is 1. The third-order valence-corrected chi connectivity index (χ3v) is 17.5. The number of guanidine groups is 1. The third-order valence-electron chi connectivity index (χ3n) is 16.9. The van der Waals surface area contributed by atoms with Gasteiger partial charge in [-0.15, -0.1) is 0 Å². The summed E-state index contributed by atoms with van der Waals surface area (Å²) >= 11 is 1.40. The number of hydrogen-bond acceptors (Lipinski definition) is 17. The van der Waals surface area contributed by atoms with Crippen LogP contribution in [0.2, 0.25) is 0 Å². The van der Waals surface area contributed by atoms with Crippen LogP contribution in [0.4, 0.5) is 0 Å². The maximum atomic E-state index is 15.0. The van der Waals surface area contributed by atoms with Crippen LogP contribution >= 0.6 is 11.8 Å². The Morgan fingerprint density at radius 3 is 1.52 bits per heavy atom. The molecule has 546 valence electrons. The molecular formula is C69H107N17O12S. The van der Waals surface area contributed by atoms with Crippen molar-refractivity contribution in [3.63, 3.8) is 0 Å². The number of nitrogens with zero attached hydrogens (tertiary/aromatic N) is 2. The Morgan fingerprint density at radius 2 is 0.970 bits per heavy atom. The van der Waals surface area contributed by atoms with Gasteiger partial charge in [-0.3, -0.25) is 48.1 Å². The summed E-state index contributed by atoms with van der Waals surface area (Å²) in [6.07, 6.45) is 7.04. The number of unbranched alkanes of at least 4 members (excludes halogenated alkanes) is 3. The summed E-state index contributed by atoms with van der Waals surface area (Å²) in [6.45, 7) is 7.84. The Labute approximate surface area is 584 Å². The number of carboxylic acids is 1. The number of aliphatic carboxylic acids is 1. The van der Waals surface area contributed by atoms with Crippen LogP contribution in [0.1, 0.15) is 121 Å². The fraction of sp³-hybridized carbons (Fsp3) is 0.551. The summed E-state index contributed by atoms with van der Waals surface area (Å²) in [5.74, 6) is -9.13. The normalized spacial score (nSPS) is 14.3. The monoisotopic (exact) mass is 1400 g/mol. The van der Waals surface area contributed by atoms with Crippen molar-refractivity contribution in [2.24, 2.45) is 51.2 Å². The Kier molecular flexibility index (Phi) is 36.3. The van der Waals surface area contributed by atoms with E-state index in [0.29, 0.717) is 80.5 Å². The Morgan fingerprint density at radius 1 is 0.515 bits per heavy atom. The quantitative estimate of drug-likeness (QED) is 0.0163. The molecule has 10 atom stereocenters. The molecule has 23 N–H and O–H groups in total. The number of aromatic nitrogens is 1. The number of nitrogens with one attached hydrogen (secondary N) is 9. The van der Waals surface area contributed by atoms with Crippen LogP contribution in [0.25, 0.3) is 10.9 Å². The Hall–Kier alpha value is -8.84. The van der Waals surface area contributed by atoms with E-state index in [0.717, 1.165) is 10.9 Å². The number of rotatable bonds is 46. The third kappa shape index (κ3) is 28.1. The average Bonchev–Trinajstić information content (AvgIpc) is 1.81. The number of amides is 9. The topological polar surface area (TPSA) is 495 Å². The number of carboxylic acid groups (broad SMARTS) is 1. The molecule has 0 fully saturated rings. The van der Waals surface area contributed by atoms with Gasteiger partial charge in [-0.05, 0) is 149 Å². The van der Waals surface area contributed by atoms with E-state index in [1.54, 1.807) is 76.4 Å². The molecule has 0 aliphatic carbocycles. The second kappa shape index (κ2) is 43.5. The summed E-state index contributed by atoms with van der Waals surface area (Å²) in [6, 6.07) is 9.19. The first-order chi connectivity index (χ1) is 47.2. The smallest absolute Gasteiger partial charge is 0.326 e. The highest BCUT2D eigenvalue weighted by Crippen LogP contribution is 2.22. The highest BCUT2D eigenvalue weighted by Gasteiger charge is 2.39. The van der Waals surface area contributed by atoms with Crippen molar-refractivity contribution in [1.82, 2.24) is 52.4 Å². The van der Waals surface area contributed by atoms with E-state index in [-0.39, 0.29) is 76.2 Å². The number of carbonyl (C=O) groups is 10. The van der Waals surface area contributed by atoms with Gasteiger partial charge in [0.15, 0.2) is 5.96 Å². The van der Waals surface area contributed by atoms with Gasteiger partial charge in [0.1, 0.15) is 60.1 Å². The molecule has 29 nitrogen and oxygen atoms in total. The highest BCUT2D eigenvalue weighted by atomic mass is 32.2. The van der Waals surface area contributed by atoms with Crippen LogP contribution in [0.5, 0.6) is 5.75 Å². The predicted molar refractivity (Wildman–Crippen MR) is 383 cm³/mol. The van der Waals surface area contributed by atoms with Crippen molar-refractivity contribution in [3.05, 3.63) is 102 Å². The minimum Gasteiger partial charge on any atom is -0.508 e. The number of likely N-dealkylation sites (N-methyl/N-ethyl adjacent to an activating group) is 1. The number of aliphatic imine (C=N–C) groups is 1. The minimum atomic E-state index is -1.45. The van der Waals surface area contributed by atoms with Gasteiger partial charge >= 0.3 is 5.97 Å². The zero-order valence-corrected chi connectivity index (χ0v) is 58.7. The zero-order chi connectivity index (χ0) is 73.1. The molecular weight excluding hydrogens is 1290 g/mol. The molecule has 4 aromatic rings. The highest BCUT2D eigenvalue weighted by molar-refractivity contribution is 7.98. The standard InChI is InChI=1S/C69H107N17O12S/c1-41(2)57(84-64(93)54(38-44-27-29-46(87)30-28-44)82-62(91)53(37-43-19-8-7-9-20-43)81-61(90)51(26-18-35-76-69(74)75)78-59(88)48(73)22-12-15-32-70)66(95)85-58(42(3)4)67(96)86(5)56(31-36-99-6)65(94)83-55(39-45-40-77-49-23-11-10-21-47(45)49)63(92)79-50(24-13-16-33-71)60(89)80-52(68(97)98)25-14-17-34-72/h7-11,19-21,23,27-30,40-42,48,50-58,77,87H,12-18,22,24-26,31-39,70-73H2,1-6H3,(H,78,88)(H,79,92)(H,80,89)(H,81,90)(H,82,91)(H,83,94)(H,84,93)(H,85,95)(H,97,98)(H4,74,75,76)/t48-,50+,51+,52-,53+,54+,55+,56+,57+,58+/m1/s1. The molecule has 0 aliphatic heterocycles. The van der Waals surface area contributed by atoms with Gasteiger partial charge in [0, 0.05) is 50.0 Å². The van der Waals surface area contributed by atoms with Crippen LogP contribution in [0.3, 0.4) is 0 Å². The summed E-state index contributed by atoms with van der Waals surface area (Å²) < 4.78 is 0. The lowest BCUT2D eigenvalue weighted by Gasteiger charge is -2.34. The first-order valence-corrected chi connectivity index (χ1v) is 35.3. The number of thioether (sulfide) groups is 1. The molecule has 99 heavy (non-hydrogen) atoms. The second-order valence-electron chi connectivity index (χ2n) is 25.4. The number of para-hydroxylation sites is 1. The van der Waals surface area contributed by atoms with Crippen LogP contribution in [0, 0.1) is 11.8 Å². The first kappa shape index (κ1) is 82.6. The summed E-state index contributed by atoms with van der Waals surface area (Å²) in [5.41, 5.74) is 36.9. The molecule has 0 radical (unpaired) electrons. The number of fused-ring (bicyclic) bond motifs is 1. The van der Waals surface area contributed by atoms with Crippen molar-refractivity contribution >= 4 is 87.8 Å². The van der Waals surface area contributed by atoms with Crippen molar-refractivity contribution in [2.45, 2.75) is 184 Å². The Balaban J connectivity index is 1.66. The molecule has 9 amide bonds. The van der Waals surface area contributed by atoms with Crippen LogP contribution in [-0.4, -0.2) is 191 Å². The molecule has 1 aromatic heterocycles. The molecule has 0 aliphatic rings. The van der Waals surface area contributed by atoms with Gasteiger partial charge in [-0.2, -0.15) is 11.8 Å². The van der Waals surface area contributed by atoms with Crippen molar-refractivity contribution < 1.29 is 58.2 Å². The number of nitrogens with two attached hydrogens (primary N) is 6. The van der Waals surface area contributed by atoms with Gasteiger partial charge in [0.2, 0.25) is 53.2 Å². The van der Waals surface area contributed by atoms with E-state index >= 15 is 4.79 Å². The van der Waals surface area contributed by atoms with E-state index in [9.17, 15) is 53.4 Å². The maximum absolute atomic E-state index is 15.0.